The summed E-state index contributed by atoms with van der Waals surface area (Å²) in [5, 5.41) is 3.27. The van der Waals surface area contributed by atoms with Crippen molar-refractivity contribution in [1.29, 1.82) is 0 Å². The lowest BCUT2D eigenvalue weighted by Gasteiger charge is -2.35. The lowest BCUT2D eigenvalue weighted by atomic mass is 10.0. The molecule has 1 aliphatic rings. The summed E-state index contributed by atoms with van der Waals surface area (Å²) in [7, 11) is 0. The first-order chi connectivity index (χ1) is 14.0. The van der Waals surface area contributed by atoms with Crippen molar-refractivity contribution in [2.45, 2.75) is 32.2 Å². The van der Waals surface area contributed by atoms with E-state index >= 15 is 0 Å². The molecule has 1 aromatic heterocycles. The number of guanidine groups is 1. The molecule has 0 aliphatic carbocycles. The Kier molecular flexibility index (Phi) is 9.40. The van der Waals surface area contributed by atoms with Gasteiger partial charge in [-0.2, -0.15) is 13.2 Å². The van der Waals surface area contributed by atoms with Crippen LogP contribution in [0.4, 0.5) is 13.2 Å². The van der Waals surface area contributed by atoms with E-state index < -0.39 is 17.8 Å². The van der Waals surface area contributed by atoms with Crippen molar-refractivity contribution in [1.82, 2.24) is 19.8 Å². The molecule has 10 heteroatoms. The second-order valence-electron chi connectivity index (χ2n) is 6.82. The van der Waals surface area contributed by atoms with Crippen LogP contribution in [0.3, 0.4) is 0 Å². The molecule has 1 aromatic carbocycles. The van der Waals surface area contributed by atoms with Gasteiger partial charge in [-0.05, 0) is 31.0 Å². The topological polar surface area (TPSA) is 54.7 Å². The van der Waals surface area contributed by atoms with Gasteiger partial charge in [0.1, 0.15) is 6.10 Å². The molecule has 30 heavy (non-hydrogen) atoms. The zero-order valence-electron chi connectivity index (χ0n) is 16.8. The fourth-order valence-corrected chi connectivity index (χ4v) is 3.24. The molecule has 0 radical (unpaired) electrons. The second kappa shape index (κ2) is 11.5. The molecule has 1 atom stereocenters. The minimum atomic E-state index is -4.37. The van der Waals surface area contributed by atoms with Crippen molar-refractivity contribution in [2.75, 3.05) is 32.8 Å². The summed E-state index contributed by atoms with van der Waals surface area (Å²) in [6, 6.07) is 5.35. The number of ether oxygens (including phenoxy) is 1. The van der Waals surface area contributed by atoms with Crippen LogP contribution in [0.1, 0.15) is 30.6 Å². The first kappa shape index (κ1) is 24.4. The van der Waals surface area contributed by atoms with Gasteiger partial charge in [-0.15, -0.1) is 24.0 Å². The fourth-order valence-electron chi connectivity index (χ4n) is 3.24. The summed E-state index contributed by atoms with van der Waals surface area (Å²) >= 11 is 0. The lowest BCUT2D eigenvalue weighted by molar-refractivity contribution is -0.137. The van der Waals surface area contributed by atoms with Crippen molar-refractivity contribution >= 4 is 29.9 Å². The van der Waals surface area contributed by atoms with Gasteiger partial charge >= 0.3 is 6.18 Å². The van der Waals surface area contributed by atoms with Gasteiger partial charge in [-0.1, -0.05) is 12.1 Å². The fraction of sp³-hybridized carbons (Fsp3) is 0.500. The highest BCUT2D eigenvalue weighted by atomic mass is 127. The number of aryl methyl sites for hydroxylation is 1. The Balaban J connectivity index is 0.00000320. The van der Waals surface area contributed by atoms with Crippen LogP contribution in [-0.4, -0.2) is 53.2 Å². The predicted molar refractivity (Wildman–Crippen MR) is 120 cm³/mol. The summed E-state index contributed by atoms with van der Waals surface area (Å²) in [5.74, 6) is 0.762. The van der Waals surface area contributed by atoms with Crippen LogP contribution in [0.5, 0.6) is 0 Å². The molecule has 6 nitrogen and oxygen atoms in total. The maximum absolute atomic E-state index is 13.0. The summed E-state index contributed by atoms with van der Waals surface area (Å²) < 4.78 is 46.9. The largest absolute Gasteiger partial charge is 0.416 e. The highest BCUT2D eigenvalue weighted by Crippen LogP contribution is 2.32. The van der Waals surface area contributed by atoms with Gasteiger partial charge < -0.3 is 19.5 Å². The Labute approximate surface area is 191 Å². The summed E-state index contributed by atoms with van der Waals surface area (Å²) in [4.78, 5) is 10.8. The first-order valence-electron chi connectivity index (χ1n) is 9.75. The monoisotopic (exact) mass is 537 g/mol. The van der Waals surface area contributed by atoms with Crippen LogP contribution >= 0.6 is 24.0 Å². The Morgan fingerprint density at radius 2 is 2.20 bits per heavy atom. The molecule has 166 valence electrons. The minimum absolute atomic E-state index is 0. The number of aromatic nitrogens is 2. The van der Waals surface area contributed by atoms with Gasteiger partial charge in [0.15, 0.2) is 5.96 Å². The third kappa shape index (κ3) is 6.86. The number of imidazole rings is 1. The van der Waals surface area contributed by atoms with E-state index in [1.165, 1.54) is 12.1 Å². The number of morpholine rings is 1. The summed E-state index contributed by atoms with van der Waals surface area (Å²) in [6.07, 6.45) is 1.51. The van der Waals surface area contributed by atoms with Crippen LogP contribution in [0.15, 0.2) is 48.0 Å². The van der Waals surface area contributed by atoms with Gasteiger partial charge in [-0.3, -0.25) is 4.99 Å². The molecular weight excluding hydrogens is 510 g/mol. The first-order valence-corrected chi connectivity index (χ1v) is 9.75. The van der Waals surface area contributed by atoms with Gasteiger partial charge in [0.2, 0.25) is 0 Å². The maximum Gasteiger partial charge on any atom is 0.416 e. The lowest BCUT2D eigenvalue weighted by Crippen LogP contribution is -2.48. The Hall–Kier alpha value is -1.82. The minimum Gasteiger partial charge on any atom is -0.370 e. The van der Waals surface area contributed by atoms with E-state index in [2.05, 4.69) is 20.2 Å². The van der Waals surface area contributed by atoms with Gasteiger partial charge in [0.25, 0.3) is 0 Å². The van der Waals surface area contributed by atoms with E-state index in [9.17, 15) is 13.2 Å². The third-order valence-corrected chi connectivity index (χ3v) is 4.68. The summed E-state index contributed by atoms with van der Waals surface area (Å²) in [6.45, 7) is 5.71. The third-order valence-electron chi connectivity index (χ3n) is 4.68. The van der Waals surface area contributed by atoms with E-state index in [1.54, 1.807) is 18.6 Å². The molecule has 0 spiro atoms. The molecule has 1 unspecified atom stereocenters. The van der Waals surface area contributed by atoms with Crippen LogP contribution in [0, 0.1) is 0 Å². The number of nitrogens with zero attached hydrogens (tertiary/aromatic N) is 4. The smallest absolute Gasteiger partial charge is 0.370 e. The molecule has 1 saturated heterocycles. The number of hydrogen-bond donors (Lipinski definition) is 1. The predicted octanol–water partition coefficient (Wildman–Crippen LogP) is 3.95. The average Bonchev–Trinajstić information content (AvgIpc) is 3.23. The van der Waals surface area contributed by atoms with E-state index in [-0.39, 0.29) is 24.0 Å². The number of halogens is 4. The average molecular weight is 537 g/mol. The molecular formula is C20H27F3IN5O. The van der Waals surface area contributed by atoms with Crippen LogP contribution in [0.2, 0.25) is 0 Å². The highest BCUT2D eigenvalue weighted by Gasteiger charge is 2.32. The zero-order chi connectivity index (χ0) is 20.7. The van der Waals surface area contributed by atoms with Gasteiger partial charge in [0, 0.05) is 38.6 Å². The van der Waals surface area contributed by atoms with Crippen LogP contribution in [-0.2, 0) is 17.5 Å². The van der Waals surface area contributed by atoms with Crippen LogP contribution < -0.4 is 5.32 Å². The molecule has 0 amide bonds. The number of nitrogens with one attached hydrogen (secondary N) is 1. The van der Waals surface area contributed by atoms with E-state index in [0.717, 1.165) is 25.0 Å². The Bertz CT molecular complexity index is 798. The van der Waals surface area contributed by atoms with Crippen molar-refractivity contribution in [3.63, 3.8) is 0 Å². The maximum atomic E-state index is 13.0. The molecule has 0 saturated carbocycles. The van der Waals surface area contributed by atoms with Crippen molar-refractivity contribution in [3.05, 3.63) is 54.1 Å². The van der Waals surface area contributed by atoms with Crippen molar-refractivity contribution < 1.29 is 17.9 Å². The molecule has 3 rings (SSSR count). The highest BCUT2D eigenvalue weighted by molar-refractivity contribution is 14.0. The molecule has 1 fully saturated rings. The van der Waals surface area contributed by atoms with Gasteiger partial charge in [-0.25, -0.2) is 4.98 Å². The normalized spacial score (nSPS) is 17.5. The Morgan fingerprint density at radius 1 is 1.37 bits per heavy atom. The van der Waals surface area contributed by atoms with E-state index in [1.807, 2.05) is 17.7 Å². The SMILES string of the molecule is CCNC(=NCCCn1ccnc1)N1CCOC(c2cccc(C(F)(F)F)c2)C1.I. The summed E-state index contributed by atoms with van der Waals surface area (Å²) in [5.41, 5.74) is -0.128. The number of benzene rings is 1. The molecule has 1 aliphatic heterocycles. The molecule has 0 bridgehead atoms. The zero-order valence-corrected chi connectivity index (χ0v) is 19.1. The number of aliphatic imine (C=N–C) groups is 1. The van der Waals surface area contributed by atoms with Crippen molar-refractivity contribution in [2.24, 2.45) is 4.99 Å². The van der Waals surface area contributed by atoms with E-state index in [4.69, 9.17) is 4.74 Å². The molecule has 2 heterocycles. The molecule has 1 N–H and O–H groups in total. The number of rotatable bonds is 6. The standard InChI is InChI=1S/C20H26F3N5O.HI/c1-2-25-19(26-7-4-9-27-10-8-24-15-27)28-11-12-29-18(14-28)16-5-3-6-17(13-16)20(21,22)23;/h3,5-6,8,10,13,15,18H,2,4,7,9,11-12,14H2,1H3,(H,25,26);1H. The van der Waals surface area contributed by atoms with E-state index in [0.29, 0.717) is 38.3 Å². The van der Waals surface area contributed by atoms with Crippen molar-refractivity contribution in [3.8, 4) is 0 Å². The second-order valence-corrected chi connectivity index (χ2v) is 6.82. The number of alkyl halides is 3. The van der Waals surface area contributed by atoms with Gasteiger partial charge in [0.05, 0.1) is 25.0 Å². The van der Waals surface area contributed by atoms with Crippen LogP contribution in [0.25, 0.3) is 0 Å². The molecule has 2 aromatic rings. The number of hydrogen-bond acceptors (Lipinski definition) is 3. The Morgan fingerprint density at radius 3 is 2.90 bits per heavy atom. The quantitative estimate of drug-likeness (QED) is 0.263.